The molecule has 0 radical (unpaired) electrons. The first-order valence-corrected chi connectivity index (χ1v) is 11.1. The van der Waals surface area contributed by atoms with Crippen molar-refractivity contribution in [1.29, 1.82) is 0 Å². The van der Waals surface area contributed by atoms with Gasteiger partial charge in [0.05, 0.1) is 5.60 Å². The maximum Gasteiger partial charge on any atom is 0.330 e. The van der Waals surface area contributed by atoms with Gasteiger partial charge >= 0.3 is 5.97 Å². The molecule has 28 heavy (non-hydrogen) atoms. The summed E-state index contributed by atoms with van der Waals surface area (Å²) in [5.74, 6) is 0.263. The first-order chi connectivity index (χ1) is 12.9. The van der Waals surface area contributed by atoms with E-state index in [1.54, 1.807) is 6.08 Å². The van der Waals surface area contributed by atoms with Crippen LogP contribution >= 0.6 is 0 Å². The van der Waals surface area contributed by atoms with Gasteiger partial charge in [0.15, 0.2) is 0 Å². The molecule has 3 nitrogen and oxygen atoms in total. The summed E-state index contributed by atoms with van der Waals surface area (Å²) in [6, 6.07) is 0. The van der Waals surface area contributed by atoms with Gasteiger partial charge in [0.25, 0.3) is 0 Å². The van der Waals surface area contributed by atoms with Gasteiger partial charge in [-0.15, -0.1) is 6.58 Å². The van der Waals surface area contributed by atoms with Crippen molar-refractivity contribution >= 4 is 5.97 Å². The van der Waals surface area contributed by atoms with E-state index in [1.807, 2.05) is 19.9 Å². The largest absolute Gasteiger partial charge is 0.459 e. The molecule has 0 bridgehead atoms. The molecule has 3 aliphatic rings. The summed E-state index contributed by atoms with van der Waals surface area (Å²) in [6.07, 6.45) is 10.1. The van der Waals surface area contributed by atoms with Crippen molar-refractivity contribution in [3.05, 3.63) is 24.3 Å². The molecule has 0 amide bonds. The summed E-state index contributed by atoms with van der Waals surface area (Å²) in [5, 5.41) is 11.9. The summed E-state index contributed by atoms with van der Waals surface area (Å²) < 4.78 is 6.09. The normalized spacial score (nSPS) is 44.6. The van der Waals surface area contributed by atoms with Gasteiger partial charge in [-0.1, -0.05) is 45.8 Å². The van der Waals surface area contributed by atoms with Crippen molar-refractivity contribution < 1.29 is 14.6 Å². The first kappa shape index (κ1) is 21.6. The van der Waals surface area contributed by atoms with E-state index in [9.17, 15) is 9.90 Å². The number of allylic oxidation sites excluding steroid dienone is 2. The lowest BCUT2D eigenvalue weighted by atomic mass is 9.41. The fraction of sp³-hybridized carbons (Fsp3) is 0.800. The van der Waals surface area contributed by atoms with E-state index in [2.05, 4.69) is 34.3 Å². The molecule has 0 aromatic heterocycles. The van der Waals surface area contributed by atoms with E-state index in [0.29, 0.717) is 12.3 Å². The second kappa shape index (κ2) is 7.00. The van der Waals surface area contributed by atoms with Gasteiger partial charge in [-0.3, -0.25) is 0 Å². The minimum Gasteiger partial charge on any atom is -0.459 e. The molecule has 0 aromatic carbocycles. The lowest BCUT2D eigenvalue weighted by molar-refractivity contribution is -0.242. The van der Waals surface area contributed by atoms with E-state index in [4.69, 9.17) is 4.74 Å². The van der Waals surface area contributed by atoms with Crippen LogP contribution in [0.15, 0.2) is 24.3 Å². The Balaban J connectivity index is 2.04. The zero-order valence-electron chi connectivity index (χ0n) is 18.8. The highest BCUT2D eigenvalue weighted by molar-refractivity contribution is 5.82. The van der Waals surface area contributed by atoms with Crippen LogP contribution in [0.25, 0.3) is 0 Å². The van der Waals surface area contributed by atoms with Crippen molar-refractivity contribution in [2.24, 2.45) is 28.1 Å². The number of carbonyl (C=O) groups excluding carboxylic acids is 1. The molecule has 1 N–H and O–H groups in total. The third kappa shape index (κ3) is 3.60. The third-order valence-electron chi connectivity index (χ3n) is 8.35. The molecular weight excluding hydrogens is 348 g/mol. The lowest BCUT2D eigenvalue weighted by Gasteiger charge is -2.65. The smallest absolute Gasteiger partial charge is 0.330 e. The van der Waals surface area contributed by atoms with Crippen LogP contribution in [0.5, 0.6) is 0 Å². The number of hydrogen-bond acceptors (Lipinski definition) is 3. The summed E-state index contributed by atoms with van der Waals surface area (Å²) >= 11 is 0. The van der Waals surface area contributed by atoms with Crippen LogP contribution in [0, 0.1) is 28.1 Å². The molecule has 0 spiro atoms. The summed E-state index contributed by atoms with van der Waals surface area (Å²) in [7, 11) is 0. The Kier molecular flexibility index (Phi) is 5.41. The van der Waals surface area contributed by atoms with Gasteiger partial charge in [-0.2, -0.15) is 0 Å². The molecular formula is C25H40O3. The monoisotopic (exact) mass is 388 g/mol. The van der Waals surface area contributed by atoms with Crippen LogP contribution in [0.1, 0.15) is 86.5 Å². The SMILES string of the molecule is C=CC1(C)CC(OC(=O)C=C(C)C)C2C(O)(CCC3C(C)(C)CCCC32C)C1. The van der Waals surface area contributed by atoms with Crippen molar-refractivity contribution in [1.82, 2.24) is 0 Å². The first-order valence-electron chi connectivity index (χ1n) is 11.1. The average Bonchev–Trinajstić information content (AvgIpc) is 2.51. The van der Waals surface area contributed by atoms with Gasteiger partial charge in [-0.25, -0.2) is 4.79 Å². The molecule has 3 saturated carbocycles. The van der Waals surface area contributed by atoms with Crippen molar-refractivity contribution in [2.45, 2.75) is 98.2 Å². The number of rotatable bonds is 3. The van der Waals surface area contributed by atoms with Crippen LogP contribution in [-0.4, -0.2) is 22.8 Å². The van der Waals surface area contributed by atoms with E-state index in [-0.39, 0.29) is 34.2 Å². The highest BCUT2D eigenvalue weighted by atomic mass is 16.5. The van der Waals surface area contributed by atoms with Gasteiger partial charge < -0.3 is 9.84 Å². The highest BCUT2D eigenvalue weighted by Gasteiger charge is 2.65. The predicted molar refractivity (Wildman–Crippen MR) is 114 cm³/mol. The molecule has 3 aliphatic carbocycles. The Labute approximate surface area is 171 Å². The lowest BCUT2D eigenvalue weighted by Crippen LogP contribution is -2.66. The second-order valence-corrected chi connectivity index (χ2v) is 11.5. The van der Waals surface area contributed by atoms with Crippen LogP contribution in [0.4, 0.5) is 0 Å². The predicted octanol–water partition coefficient (Wildman–Crippen LogP) is 5.82. The summed E-state index contributed by atoms with van der Waals surface area (Å²) in [5.41, 5.74) is 0.188. The number of carbonyl (C=O) groups is 1. The summed E-state index contributed by atoms with van der Waals surface area (Å²) in [4.78, 5) is 12.6. The molecule has 158 valence electrons. The number of fused-ring (bicyclic) bond motifs is 3. The van der Waals surface area contributed by atoms with Gasteiger partial charge in [0.2, 0.25) is 0 Å². The third-order valence-corrected chi connectivity index (χ3v) is 8.35. The quantitative estimate of drug-likeness (QED) is 0.376. The highest BCUT2D eigenvalue weighted by Crippen LogP contribution is 2.66. The minimum atomic E-state index is -0.796. The standard InChI is InChI=1S/C25H40O3/c1-8-23(6)15-18(28-20(26)14-17(2)3)21-24(7)12-9-11-22(4,5)19(24)10-13-25(21,27)16-23/h8,14,18-19,21,27H,1,9-13,15-16H2,2-7H3. The van der Waals surface area contributed by atoms with Gasteiger partial charge in [-0.05, 0) is 74.5 Å². The maximum absolute atomic E-state index is 12.6. The van der Waals surface area contributed by atoms with E-state index < -0.39 is 5.60 Å². The molecule has 3 heteroatoms. The second-order valence-electron chi connectivity index (χ2n) is 11.5. The Morgan fingerprint density at radius 2 is 1.82 bits per heavy atom. The summed E-state index contributed by atoms with van der Waals surface area (Å²) in [6.45, 7) is 17.2. The number of esters is 1. The Hall–Kier alpha value is -1.09. The zero-order chi connectivity index (χ0) is 21.0. The van der Waals surface area contributed by atoms with Crippen LogP contribution in [0.3, 0.4) is 0 Å². The molecule has 0 saturated heterocycles. The van der Waals surface area contributed by atoms with Crippen LogP contribution < -0.4 is 0 Å². The maximum atomic E-state index is 12.6. The van der Waals surface area contributed by atoms with E-state index in [0.717, 1.165) is 31.3 Å². The molecule has 6 unspecified atom stereocenters. The van der Waals surface area contributed by atoms with Crippen molar-refractivity contribution in [3.63, 3.8) is 0 Å². The molecule has 0 aliphatic heterocycles. The molecule has 3 rings (SSSR count). The Bertz CT molecular complexity index is 673. The van der Waals surface area contributed by atoms with E-state index in [1.165, 1.54) is 12.8 Å². The van der Waals surface area contributed by atoms with Gasteiger partial charge in [0.1, 0.15) is 6.10 Å². The Morgan fingerprint density at radius 3 is 2.43 bits per heavy atom. The number of hydrogen-bond donors (Lipinski definition) is 1. The van der Waals surface area contributed by atoms with Crippen molar-refractivity contribution in [2.75, 3.05) is 0 Å². The molecule has 6 atom stereocenters. The van der Waals surface area contributed by atoms with Crippen molar-refractivity contribution in [3.8, 4) is 0 Å². The van der Waals surface area contributed by atoms with Crippen LogP contribution in [0.2, 0.25) is 0 Å². The minimum absolute atomic E-state index is 0.00678. The van der Waals surface area contributed by atoms with E-state index >= 15 is 0 Å². The molecule has 0 aromatic rings. The average molecular weight is 389 g/mol. The number of ether oxygens (including phenoxy) is 1. The fourth-order valence-corrected chi connectivity index (χ4v) is 7.42. The fourth-order valence-electron chi connectivity index (χ4n) is 7.42. The molecule has 0 heterocycles. The molecule has 3 fully saturated rings. The Morgan fingerprint density at radius 1 is 1.14 bits per heavy atom. The number of aliphatic hydroxyl groups is 1. The topological polar surface area (TPSA) is 46.5 Å². The van der Waals surface area contributed by atoms with Gasteiger partial charge in [0, 0.05) is 12.0 Å². The zero-order valence-corrected chi connectivity index (χ0v) is 18.8. The van der Waals surface area contributed by atoms with Crippen LogP contribution in [-0.2, 0) is 9.53 Å².